The maximum atomic E-state index is 5.21. The highest BCUT2D eigenvalue weighted by Gasteiger charge is 2.18. The van der Waals surface area contributed by atoms with Gasteiger partial charge in [0.2, 0.25) is 0 Å². The largest absolute Gasteiger partial charge is 0.383 e. The third kappa shape index (κ3) is 4.06. The standard InChI is InChI=1S/C17H27N3O2/c1-5-14-6-7-15-16(12-14)19-17(18-15)13(2)20(8-10-21-3)9-11-22-4/h6-7,12-13H,5,8-11H2,1-4H3,(H,18,19). The normalized spacial score (nSPS) is 13.1. The summed E-state index contributed by atoms with van der Waals surface area (Å²) < 4.78 is 10.4. The molecule has 2 rings (SSSR count). The molecule has 0 bridgehead atoms. The van der Waals surface area contributed by atoms with Gasteiger partial charge in [0.15, 0.2) is 0 Å². The van der Waals surface area contributed by atoms with Gasteiger partial charge in [0, 0.05) is 27.3 Å². The first-order valence-electron chi connectivity index (χ1n) is 7.90. The number of fused-ring (bicyclic) bond motifs is 1. The number of aromatic amines is 1. The molecule has 5 nitrogen and oxygen atoms in total. The number of imidazole rings is 1. The Hall–Kier alpha value is -1.43. The van der Waals surface area contributed by atoms with Crippen LogP contribution in [0.1, 0.15) is 31.3 Å². The van der Waals surface area contributed by atoms with Crippen LogP contribution in [0.4, 0.5) is 0 Å². The smallest absolute Gasteiger partial charge is 0.124 e. The van der Waals surface area contributed by atoms with Gasteiger partial charge in [0.25, 0.3) is 0 Å². The molecule has 1 aromatic heterocycles. The molecule has 1 aromatic carbocycles. The fourth-order valence-corrected chi connectivity index (χ4v) is 2.58. The van der Waals surface area contributed by atoms with E-state index in [2.05, 4.69) is 41.9 Å². The average Bonchev–Trinajstić information content (AvgIpc) is 2.97. The zero-order valence-electron chi connectivity index (χ0n) is 14.1. The van der Waals surface area contributed by atoms with Crippen LogP contribution in [-0.2, 0) is 15.9 Å². The lowest BCUT2D eigenvalue weighted by Gasteiger charge is -2.27. The lowest BCUT2D eigenvalue weighted by molar-refractivity contribution is 0.0899. The summed E-state index contributed by atoms with van der Waals surface area (Å²) >= 11 is 0. The summed E-state index contributed by atoms with van der Waals surface area (Å²) in [5.41, 5.74) is 3.46. The van der Waals surface area contributed by atoms with E-state index in [1.54, 1.807) is 14.2 Å². The highest BCUT2D eigenvalue weighted by atomic mass is 16.5. The summed E-state index contributed by atoms with van der Waals surface area (Å²) in [6.45, 7) is 7.46. The van der Waals surface area contributed by atoms with Crippen LogP contribution in [0, 0.1) is 0 Å². The van der Waals surface area contributed by atoms with Gasteiger partial charge >= 0.3 is 0 Å². The molecule has 0 amide bonds. The monoisotopic (exact) mass is 305 g/mol. The molecule has 0 aliphatic carbocycles. The number of ether oxygens (including phenoxy) is 2. The molecule has 0 aliphatic heterocycles. The van der Waals surface area contributed by atoms with Gasteiger partial charge in [-0.15, -0.1) is 0 Å². The minimum Gasteiger partial charge on any atom is -0.383 e. The topological polar surface area (TPSA) is 50.4 Å². The Labute approximate surface area is 132 Å². The van der Waals surface area contributed by atoms with Gasteiger partial charge in [-0.3, -0.25) is 4.90 Å². The number of benzene rings is 1. The first-order valence-corrected chi connectivity index (χ1v) is 7.90. The van der Waals surface area contributed by atoms with E-state index >= 15 is 0 Å². The number of hydrogen-bond acceptors (Lipinski definition) is 4. The summed E-state index contributed by atoms with van der Waals surface area (Å²) in [4.78, 5) is 10.5. The Kier molecular flexibility index (Phi) is 6.36. The predicted octanol–water partition coefficient (Wildman–Crippen LogP) is 2.78. The van der Waals surface area contributed by atoms with Crippen LogP contribution in [0.2, 0.25) is 0 Å². The Morgan fingerprint density at radius 2 is 1.86 bits per heavy atom. The van der Waals surface area contributed by atoms with Crippen molar-refractivity contribution in [3.63, 3.8) is 0 Å². The van der Waals surface area contributed by atoms with Crippen LogP contribution in [-0.4, -0.2) is 55.4 Å². The summed E-state index contributed by atoms with van der Waals surface area (Å²) in [7, 11) is 3.46. The molecule has 0 aliphatic rings. The first-order chi connectivity index (χ1) is 10.7. The van der Waals surface area contributed by atoms with Gasteiger partial charge in [-0.2, -0.15) is 0 Å². The lowest BCUT2D eigenvalue weighted by atomic mass is 10.1. The second-order valence-corrected chi connectivity index (χ2v) is 5.52. The lowest BCUT2D eigenvalue weighted by Crippen LogP contribution is -2.33. The van der Waals surface area contributed by atoms with Crippen molar-refractivity contribution in [1.29, 1.82) is 0 Å². The minimum atomic E-state index is 0.197. The molecule has 1 heterocycles. The van der Waals surface area contributed by atoms with Crippen molar-refractivity contribution in [2.75, 3.05) is 40.5 Å². The second kappa shape index (κ2) is 8.27. The first kappa shape index (κ1) is 16.9. The quantitative estimate of drug-likeness (QED) is 0.774. The maximum Gasteiger partial charge on any atom is 0.124 e. The molecule has 0 saturated carbocycles. The Bertz CT molecular complexity index is 574. The van der Waals surface area contributed by atoms with Crippen molar-refractivity contribution in [1.82, 2.24) is 14.9 Å². The van der Waals surface area contributed by atoms with E-state index in [4.69, 9.17) is 14.5 Å². The molecule has 0 saturated heterocycles. The van der Waals surface area contributed by atoms with Gasteiger partial charge in [0.05, 0.1) is 30.3 Å². The number of hydrogen-bond donors (Lipinski definition) is 1. The van der Waals surface area contributed by atoms with Crippen molar-refractivity contribution < 1.29 is 9.47 Å². The SMILES string of the molecule is CCc1ccc2nc(C(C)N(CCOC)CCOC)[nH]c2c1. The van der Waals surface area contributed by atoms with Gasteiger partial charge in [0.1, 0.15) is 5.82 Å². The zero-order chi connectivity index (χ0) is 15.9. The summed E-state index contributed by atoms with van der Waals surface area (Å²) in [6, 6.07) is 6.62. The summed E-state index contributed by atoms with van der Waals surface area (Å²) in [5, 5.41) is 0. The van der Waals surface area contributed by atoms with Crippen LogP contribution >= 0.6 is 0 Å². The third-order valence-corrected chi connectivity index (χ3v) is 4.08. The molecule has 1 atom stereocenters. The molecule has 122 valence electrons. The van der Waals surface area contributed by atoms with E-state index in [1.165, 1.54) is 5.56 Å². The number of nitrogens with one attached hydrogen (secondary N) is 1. The van der Waals surface area contributed by atoms with Gasteiger partial charge < -0.3 is 14.5 Å². The van der Waals surface area contributed by atoms with Gasteiger partial charge in [-0.25, -0.2) is 4.98 Å². The predicted molar refractivity (Wildman–Crippen MR) is 89.2 cm³/mol. The number of rotatable bonds is 9. The van der Waals surface area contributed by atoms with Crippen LogP contribution in [0.5, 0.6) is 0 Å². The van der Waals surface area contributed by atoms with Crippen molar-refractivity contribution >= 4 is 11.0 Å². The molecule has 5 heteroatoms. The maximum absolute atomic E-state index is 5.21. The Balaban J connectivity index is 2.19. The Morgan fingerprint density at radius 3 is 2.45 bits per heavy atom. The molecule has 0 fully saturated rings. The molecular weight excluding hydrogens is 278 g/mol. The minimum absolute atomic E-state index is 0.197. The van der Waals surface area contributed by atoms with Crippen molar-refractivity contribution in [3.8, 4) is 0 Å². The number of aryl methyl sites for hydroxylation is 1. The van der Waals surface area contributed by atoms with E-state index in [0.717, 1.165) is 36.4 Å². The van der Waals surface area contributed by atoms with Crippen molar-refractivity contribution in [2.24, 2.45) is 0 Å². The van der Waals surface area contributed by atoms with E-state index in [0.29, 0.717) is 13.2 Å². The fourth-order valence-electron chi connectivity index (χ4n) is 2.58. The van der Waals surface area contributed by atoms with E-state index < -0.39 is 0 Å². The van der Waals surface area contributed by atoms with Crippen LogP contribution in [0.3, 0.4) is 0 Å². The van der Waals surface area contributed by atoms with E-state index in [9.17, 15) is 0 Å². The fraction of sp³-hybridized carbons (Fsp3) is 0.588. The third-order valence-electron chi connectivity index (χ3n) is 4.08. The number of H-pyrrole nitrogens is 1. The molecular formula is C17H27N3O2. The molecule has 1 unspecified atom stereocenters. The number of nitrogens with zero attached hydrogens (tertiary/aromatic N) is 2. The van der Waals surface area contributed by atoms with Crippen molar-refractivity contribution in [2.45, 2.75) is 26.3 Å². The number of aromatic nitrogens is 2. The molecule has 2 aromatic rings. The van der Waals surface area contributed by atoms with Crippen molar-refractivity contribution in [3.05, 3.63) is 29.6 Å². The van der Waals surface area contributed by atoms with Crippen LogP contribution in [0.15, 0.2) is 18.2 Å². The van der Waals surface area contributed by atoms with Crippen LogP contribution in [0.25, 0.3) is 11.0 Å². The second-order valence-electron chi connectivity index (χ2n) is 5.52. The molecule has 22 heavy (non-hydrogen) atoms. The van der Waals surface area contributed by atoms with Gasteiger partial charge in [-0.05, 0) is 31.0 Å². The van der Waals surface area contributed by atoms with Gasteiger partial charge in [-0.1, -0.05) is 13.0 Å². The Morgan fingerprint density at radius 1 is 1.18 bits per heavy atom. The highest BCUT2D eigenvalue weighted by molar-refractivity contribution is 5.76. The molecule has 0 spiro atoms. The number of methoxy groups -OCH3 is 2. The summed E-state index contributed by atoms with van der Waals surface area (Å²) in [6.07, 6.45) is 1.04. The zero-order valence-corrected chi connectivity index (χ0v) is 14.1. The summed E-state index contributed by atoms with van der Waals surface area (Å²) in [5.74, 6) is 0.996. The molecule has 1 N–H and O–H groups in total. The molecule has 0 radical (unpaired) electrons. The average molecular weight is 305 g/mol. The van der Waals surface area contributed by atoms with E-state index in [-0.39, 0.29) is 6.04 Å². The highest BCUT2D eigenvalue weighted by Crippen LogP contribution is 2.21. The van der Waals surface area contributed by atoms with Crippen LogP contribution < -0.4 is 0 Å². The van der Waals surface area contributed by atoms with E-state index in [1.807, 2.05) is 0 Å².